The third-order valence-electron chi connectivity index (χ3n) is 2.91. The molecule has 0 bridgehead atoms. The first-order chi connectivity index (χ1) is 10.5. The van der Waals surface area contributed by atoms with E-state index in [4.69, 9.17) is 21.1 Å². The molecule has 0 fully saturated rings. The molecule has 1 N–H and O–H groups in total. The predicted molar refractivity (Wildman–Crippen MR) is 88.2 cm³/mol. The van der Waals surface area contributed by atoms with E-state index in [9.17, 15) is 4.79 Å². The van der Waals surface area contributed by atoms with E-state index in [1.165, 1.54) is 7.11 Å². The monoisotopic (exact) mass is 319 g/mol. The Morgan fingerprint density at radius 1 is 1.14 bits per heavy atom. The fraction of sp³-hybridized carbons (Fsp3) is 0.235. The first kappa shape index (κ1) is 16.2. The molecule has 0 aliphatic heterocycles. The number of ether oxygens (including phenoxy) is 2. The number of nitrogens with one attached hydrogen (secondary N) is 1. The van der Waals surface area contributed by atoms with E-state index < -0.39 is 0 Å². The first-order valence-corrected chi connectivity index (χ1v) is 7.29. The van der Waals surface area contributed by atoms with Gasteiger partial charge in [-0.05, 0) is 44.2 Å². The molecule has 2 rings (SSSR count). The lowest BCUT2D eigenvalue weighted by atomic mass is 10.1. The van der Waals surface area contributed by atoms with Gasteiger partial charge in [0.25, 0.3) is 5.91 Å². The number of amides is 1. The van der Waals surface area contributed by atoms with E-state index in [1.54, 1.807) is 36.4 Å². The summed E-state index contributed by atoms with van der Waals surface area (Å²) in [5.41, 5.74) is 1.03. The Labute approximate surface area is 135 Å². The maximum Gasteiger partial charge on any atom is 0.255 e. The summed E-state index contributed by atoms with van der Waals surface area (Å²) in [4.78, 5) is 12.3. The summed E-state index contributed by atoms with van der Waals surface area (Å²) in [7, 11) is 1.54. The average Bonchev–Trinajstić information content (AvgIpc) is 2.49. The maximum absolute atomic E-state index is 12.3. The second-order valence-corrected chi connectivity index (χ2v) is 5.37. The van der Waals surface area contributed by atoms with Crippen molar-refractivity contribution in [3.63, 3.8) is 0 Å². The summed E-state index contributed by atoms with van der Waals surface area (Å²) >= 11 is 6.04. The van der Waals surface area contributed by atoms with Gasteiger partial charge in [-0.15, -0.1) is 0 Å². The summed E-state index contributed by atoms with van der Waals surface area (Å²) in [5.74, 6) is 0.856. The lowest BCUT2D eigenvalue weighted by molar-refractivity contribution is 0.102. The molecule has 0 saturated carbocycles. The minimum Gasteiger partial charge on any atom is -0.493 e. The molecule has 1 amide bonds. The van der Waals surface area contributed by atoms with Gasteiger partial charge in [-0.25, -0.2) is 0 Å². The predicted octanol–water partition coefficient (Wildman–Crippen LogP) is 4.39. The highest BCUT2D eigenvalue weighted by molar-refractivity contribution is 6.33. The van der Waals surface area contributed by atoms with Gasteiger partial charge >= 0.3 is 0 Å². The van der Waals surface area contributed by atoms with Crippen molar-refractivity contribution in [3.8, 4) is 11.5 Å². The molecule has 5 heteroatoms. The molecule has 22 heavy (non-hydrogen) atoms. The highest BCUT2D eigenvalue weighted by atomic mass is 35.5. The van der Waals surface area contributed by atoms with Crippen LogP contribution >= 0.6 is 11.6 Å². The van der Waals surface area contributed by atoms with Crippen LogP contribution in [0.2, 0.25) is 5.02 Å². The van der Waals surface area contributed by atoms with Crippen molar-refractivity contribution in [1.29, 1.82) is 0 Å². The van der Waals surface area contributed by atoms with Crippen molar-refractivity contribution >= 4 is 23.2 Å². The molecule has 0 saturated heterocycles. The number of benzene rings is 2. The minimum atomic E-state index is -0.262. The van der Waals surface area contributed by atoms with Crippen LogP contribution in [-0.4, -0.2) is 19.1 Å². The number of carbonyl (C=O) groups is 1. The zero-order chi connectivity index (χ0) is 16.1. The van der Waals surface area contributed by atoms with Gasteiger partial charge in [0.05, 0.1) is 23.9 Å². The van der Waals surface area contributed by atoms with Crippen LogP contribution in [0.25, 0.3) is 0 Å². The van der Waals surface area contributed by atoms with Gasteiger partial charge in [-0.2, -0.15) is 0 Å². The minimum absolute atomic E-state index is 0.0247. The highest BCUT2D eigenvalue weighted by Gasteiger charge is 2.13. The van der Waals surface area contributed by atoms with Crippen LogP contribution in [0.3, 0.4) is 0 Å². The zero-order valence-corrected chi connectivity index (χ0v) is 13.5. The van der Waals surface area contributed by atoms with Gasteiger partial charge in [0.1, 0.15) is 0 Å². The Morgan fingerprint density at radius 2 is 1.86 bits per heavy atom. The molecule has 0 aliphatic rings. The van der Waals surface area contributed by atoms with Gasteiger partial charge in [-0.1, -0.05) is 23.7 Å². The summed E-state index contributed by atoms with van der Waals surface area (Å²) in [5, 5.41) is 3.26. The summed E-state index contributed by atoms with van der Waals surface area (Å²) in [6.07, 6.45) is 0.0247. The van der Waals surface area contributed by atoms with Gasteiger partial charge < -0.3 is 14.8 Å². The van der Waals surface area contributed by atoms with E-state index in [2.05, 4.69) is 5.32 Å². The summed E-state index contributed by atoms with van der Waals surface area (Å²) < 4.78 is 10.9. The average molecular weight is 320 g/mol. The highest BCUT2D eigenvalue weighted by Crippen LogP contribution is 2.29. The standard InChI is InChI=1S/C17H18ClNO3/c1-11(2)22-15-9-8-12(10-16(15)21-3)17(20)19-14-7-5-4-6-13(14)18/h4-11H,1-3H3,(H,19,20). The van der Waals surface area contributed by atoms with Gasteiger partial charge in [0.2, 0.25) is 0 Å². The Kier molecular flexibility index (Phi) is 5.28. The largest absolute Gasteiger partial charge is 0.493 e. The lowest BCUT2D eigenvalue weighted by Gasteiger charge is -2.14. The quantitative estimate of drug-likeness (QED) is 0.889. The lowest BCUT2D eigenvalue weighted by Crippen LogP contribution is -2.13. The molecular weight excluding hydrogens is 302 g/mol. The van der Waals surface area contributed by atoms with E-state index in [0.717, 1.165) is 0 Å². The molecule has 4 nitrogen and oxygen atoms in total. The fourth-order valence-electron chi connectivity index (χ4n) is 1.92. The van der Waals surface area contributed by atoms with E-state index >= 15 is 0 Å². The number of anilines is 1. The Morgan fingerprint density at radius 3 is 2.50 bits per heavy atom. The molecule has 0 unspecified atom stereocenters. The molecule has 0 aromatic heterocycles. The van der Waals surface area contributed by atoms with Crippen LogP contribution in [0.5, 0.6) is 11.5 Å². The summed E-state index contributed by atoms with van der Waals surface area (Å²) in [6, 6.07) is 12.1. The molecule has 116 valence electrons. The SMILES string of the molecule is COc1cc(C(=O)Nc2ccccc2Cl)ccc1OC(C)C. The van der Waals surface area contributed by atoms with Crippen molar-refractivity contribution < 1.29 is 14.3 Å². The number of para-hydroxylation sites is 1. The number of carbonyl (C=O) groups excluding carboxylic acids is 1. The number of hydrogen-bond acceptors (Lipinski definition) is 3. The van der Waals surface area contributed by atoms with Crippen LogP contribution in [0.1, 0.15) is 24.2 Å². The van der Waals surface area contributed by atoms with Crippen LogP contribution in [-0.2, 0) is 0 Å². The maximum atomic E-state index is 12.3. The number of halogens is 1. The van der Waals surface area contributed by atoms with Crippen LogP contribution < -0.4 is 14.8 Å². The smallest absolute Gasteiger partial charge is 0.255 e. The molecule has 0 aliphatic carbocycles. The summed E-state index contributed by atoms with van der Waals surface area (Å²) in [6.45, 7) is 3.86. The first-order valence-electron chi connectivity index (χ1n) is 6.92. The van der Waals surface area contributed by atoms with Crippen molar-refractivity contribution in [2.24, 2.45) is 0 Å². The third-order valence-corrected chi connectivity index (χ3v) is 3.24. The van der Waals surface area contributed by atoms with Crippen molar-refractivity contribution in [1.82, 2.24) is 0 Å². The van der Waals surface area contributed by atoms with Crippen molar-refractivity contribution in [2.45, 2.75) is 20.0 Å². The molecule has 0 atom stereocenters. The van der Waals surface area contributed by atoms with E-state index in [0.29, 0.717) is 27.8 Å². The van der Waals surface area contributed by atoms with E-state index in [-0.39, 0.29) is 12.0 Å². The zero-order valence-electron chi connectivity index (χ0n) is 12.7. The second kappa shape index (κ2) is 7.18. The van der Waals surface area contributed by atoms with Crippen molar-refractivity contribution in [3.05, 3.63) is 53.1 Å². The molecule has 2 aromatic rings. The van der Waals surface area contributed by atoms with Crippen LogP contribution in [0, 0.1) is 0 Å². The Balaban J connectivity index is 2.21. The molecule has 2 aromatic carbocycles. The van der Waals surface area contributed by atoms with Crippen molar-refractivity contribution in [2.75, 3.05) is 12.4 Å². The molecule has 0 radical (unpaired) electrons. The number of rotatable bonds is 5. The van der Waals surface area contributed by atoms with Crippen LogP contribution in [0.4, 0.5) is 5.69 Å². The number of methoxy groups -OCH3 is 1. The Bertz CT molecular complexity index is 671. The van der Waals surface area contributed by atoms with Gasteiger partial charge in [-0.3, -0.25) is 4.79 Å². The third kappa shape index (κ3) is 3.92. The molecule has 0 spiro atoms. The van der Waals surface area contributed by atoms with Gasteiger partial charge in [0, 0.05) is 5.56 Å². The van der Waals surface area contributed by atoms with Gasteiger partial charge in [0.15, 0.2) is 11.5 Å². The molecular formula is C17H18ClNO3. The van der Waals surface area contributed by atoms with Crippen LogP contribution in [0.15, 0.2) is 42.5 Å². The topological polar surface area (TPSA) is 47.6 Å². The number of hydrogen-bond donors (Lipinski definition) is 1. The second-order valence-electron chi connectivity index (χ2n) is 4.97. The fourth-order valence-corrected chi connectivity index (χ4v) is 2.10. The normalized spacial score (nSPS) is 10.4. The molecule has 0 heterocycles. The van der Waals surface area contributed by atoms with E-state index in [1.807, 2.05) is 19.9 Å². The Hall–Kier alpha value is -2.20.